The van der Waals surface area contributed by atoms with Crippen molar-refractivity contribution in [3.8, 4) is 0 Å². The predicted molar refractivity (Wildman–Crippen MR) is 99.2 cm³/mol. The summed E-state index contributed by atoms with van der Waals surface area (Å²) in [5.74, 6) is 1.14. The molecule has 0 spiro atoms. The van der Waals surface area contributed by atoms with Gasteiger partial charge in [-0.2, -0.15) is 0 Å². The Morgan fingerprint density at radius 2 is 1.86 bits per heavy atom. The van der Waals surface area contributed by atoms with Crippen molar-refractivity contribution in [3.63, 3.8) is 0 Å². The number of halogens is 1. The van der Waals surface area contributed by atoms with Crippen LogP contribution >= 0.6 is 23.4 Å². The van der Waals surface area contributed by atoms with Crippen molar-refractivity contribution in [2.75, 3.05) is 38.5 Å². The monoisotopic (exact) mass is 340 g/mol. The molecular formula is C18H29ClN2S. The maximum absolute atomic E-state index is 6.20. The lowest BCUT2D eigenvalue weighted by Gasteiger charge is -2.34. The molecule has 1 saturated heterocycles. The van der Waals surface area contributed by atoms with Crippen LogP contribution in [-0.4, -0.2) is 53.8 Å². The Morgan fingerprint density at radius 1 is 1.09 bits per heavy atom. The predicted octanol–water partition coefficient (Wildman–Crippen LogP) is 4.63. The van der Waals surface area contributed by atoms with Gasteiger partial charge in [0.2, 0.25) is 0 Å². The average Bonchev–Trinajstić information content (AvgIpc) is 2.70. The third-order valence-electron chi connectivity index (χ3n) is 4.25. The van der Waals surface area contributed by atoms with Crippen LogP contribution in [0.1, 0.15) is 33.6 Å². The van der Waals surface area contributed by atoms with E-state index >= 15 is 0 Å². The molecule has 0 bridgehead atoms. The molecule has 0 amide bonds. The number of hydrogen-bond acceptors (Lipinski definition) is 3. The van der Waals surface area contributed by atoms with E-state index in [1.807, 2.05) is 23.9 Å². The summed E-state index contributed by atoms with van der Waals surface area (Å²) in [4.78, 5) is 6.45. The fourth-order valence-electron chi connectivity index (χ4n) is 2.90. The molecule has 1 aliphatic rings. The Kier molecular flexibility index (Phi) is 7.07. The zero-order chi connectivity index (χ0) is 16.0. The summed E-state index contributed by atoms with van der Waals surface area (Å²) in [5, 5.41) is 0.878. The minimum atomic E-state index is 0.302. The van der Waals surface area contributed by atoms with Crippen molar-refractivity contribution in [2.45, 2.75) is 44.0 Å². The van der Waals surface area contributed by atoms with Crippen molar-refractivity contribution < 1.29 is 0 Å². The highest BCUT2D eigenvalue weighted by molar-refractivity contribution is 7.99. The van der Waals surface area contributed by atoms with Crippen LogP contribution in [-0.2, 0) is 0 Å². The van der Waals surface area contributed by atoms with E-state index in [0.717, 1.165) is 10.8 Å². The standard InChI is InChI=1S/C18H29ClN2S/c1-18(2,3)21-12-6-10-20(13-14-21)11-7-15-22-17-9-5-4-8-16(17)19/h4-5,8-9H,6-7,10-15H2,1-3H3. The van der Waals surface area contributed by atoms with Gasteiger partial charge in [-0.05, 0) is 71.1 Å². The molecule has 1 aromatic carbocycles. The molecule has 1 aliphatic heterocycles. The summed E-state index contributed by atoms with van der Waals surface area (Å²) in [5.41, 5.74) is 0.302. The van der Waals surface area contributed by atoms with E-state index in [9.17, 15) is 0 Å². The molecular weight excluding hydrogens is 312 g/mol. The van der Waals surface area contributed by atoms with Crippen LogP contribution in [0.5, 0.6) is 0 Å². The molecule has 1 aromatic rings. The van der Waals surface area contributed by atoms with Crippen LogP contribution in [0.25, 0.3) is 0 Å². The van der Waals surface area contributed by atoms with Crippen molar-refractivity contribution in [2.24, 2.45) is 0 Å². The van der Waals surface area contributed by atoms with Crippen LogP contribution in [0.2, 0.25) is 5.02 Å². The molecule has 0 atom stereocenters. The van der Waals surface area contributed by atoms with Gasteiger partial charge in [-0.1, -0.05) is 23.7 Å². The van der Waals surface area contributed by atoms with Gasteiger partial charge in [-0.25, -0.2) is 0 Å². The van der Waals surface area contributed by atoms with Crippen LogP contribution in [0.4, 0.5) is 0 Å². The van der Waals surface area contributed by atoms with E-state index < -0.39 is 0 Å². The van der Waals surface area contributed by atoms with Gasteiger partial charge in [0.1, 0.15) is 0 Å². The van der Waals surface area contributed by atoms with E-state index in [1.54, 1.807) is 0 Å². The molecule has 0 aromatic heterocycles. The minimum Gasteiger partial charge on any atom is -0.302 e. The molecule has 2 nitrogen and oxygen atoms in total. The second-order valence-electron chi connectivity index (χ2n) is 6.99. The number of nitrogens with zero attached hydrogens (tertiary/aromatic N) is 2. The SMILES string of the molecule is CC(C)(C)N1CCCN(CCCSc2ccccc2Cl)CC1. The smallest absolute Gasteiger partial charge is 0.0541 e. The zero-order valence-corrected chi connectivity index (χ0v) is 15.7. The van der Waals surface area contributed by atoms with Crippen molar-refractivity contribution in [3.05, 3.63) is 29.3 Å². The van der Waals surface area contributed by atoms with Gasteiger partial charge in [0.15, 0.2) is 0 Å². The maximum atomic E-state index is 6.20. The third kappa shape index (κ3) is 5.77. The lowest BCUT2D eigenvalue weighted by Crippen LogP contribution is -2.43. The summed E-state index contributed by atoms with van der Waals surface area (Å²) in [7, 11) is 0. The molecule has 2 rings (SSSR count). The minimum absolute atomic E-state index is 0.302. The Balaban J connectivity index is 1.68. The molecule has 124 valence electrons. The van der Waals surface area contributed by atoms with Gasteiger partial charge in [0, 0.05) is 23.5 Å². The Bertz CT molecular complexity index is 459. The number of rotatable bonds is 5. The molecule has 4 heteroatoms. The molecule has 0 aliphatic carbocycles. The lowest BCUT2D eigenvalue weighted by atomic mass is 10.1. The highest BCUT2D eigenvalue weighted by Gasteiger charge is 2.23. The first-order valence-corrected chi connectivity index (χ1v) is 9.68. The third-order valence-corrected chi connectivity index (χ3v) is 5.85. The van der Waals surface area contributed by atoms with E-state index in [1.165, 1.54) is 50.5 Å². The summed E-state index contributed by atoms with van der Waals surface area (Å²) < 4.78 is 0. The van der Waals surface area contributed by atoms with Crippen molar-refractivity contribution >= 4 is 23.4 Å². The average molecular weight is 341 g/mol. The second kappa shape index (κ2) is 8.58. The fraction of sp³-hybridized carbons (Fsp3) is 0.667. The molecule has 0 saturated carbocycles. The van der Waals surface area contributed by atoms with Gasteiger partial charge < -0.3 is 4.90 Å². The van der Waals surface area contributed by atoms with Gasteiger partial charge >= 0.3 is 0 Å². The molecule has 0 unspecified atom stereocenters. The summed E-state index contributed by atoms with van der Waals surface area (Å²) in [6, 6.07) is 8.13. The van der Waals surface area contributed by atoms with Crippen LogP contribution < -0.4 is 0 Å². The quantitative estimate of drug-likeness (QED) is 0.570. The molecule has 1 heterocycles. The second-order valence-corrected chi connectivity index (χ2v) is 8.53. The largest absolute Gasteiger partial charge is 0.302 e. The Labute approximate surface area is 145 Å². The van der Waals surface area contributed by atoms with Gasteiger partial charge in [0.25, 0.3) is 0 Å². The summed E-state index contributed by atoms with van der Waals surface area (Å²) >= 11 is 8.07. The van der Waals surface area contributed by atoms with Crippen molar-refractivity contribution in [1.82, 2.24) is 9.80 Å². The van der Waals surface area contributed by atoms with Crippen LogP contribution in [0.15, 0.2) is 29.2 Å². The van der Waals surface area contributed by atoms with Crippen LogP contribution in [0.3, 0.4) is 0 Å². The zero-order valence-electron chi connectivity index (χ0n) is 14.1. The van der Waals surface area contributed by atoms with E-state index in [0.29, 0.717) is 5.54 Å². The molecule has 22 heavy (non-hydrogen) atoms. The highest BCUT2D eigenvalue weighted by Crippen LogP contribution is 2.27. The van der Waals surface area contributed by atoms with Gasteiger partial charge in [-0.15, -0.1) is 11.8 Å². The van der Waals surface area contributed by atoms with Crippen LogP contribution in [0, 0.1) is 0 Å². The van der Waals surface area contributed by atoms with Gasteiger partial charge in [-0.3, -0.25) is 4.90 Å². The number of hydrogen-bond donors (Lipinski definition) is 0. The first-order chi connectivity index (χ1) is 10.5. The fourth-order valence-corrected chi connectivity index (χ4v) is 4.07. The van der Waals surface area contributed by atoms with Crippen molar-refractivity contribution in [1.29, 1.82) is 0 Å². The first-order valence-electron chi connectivity index (χ1n) is 8.31. The lowest BCUT2D eigenvalue weighted by molar-refractivity contribution is 0.141. The normalized spacial score (nSPS) is 18.4. The molecule has 0 radical (unpaired) electrons. The Hall–Kier alpha value is -0.220. The highest BCUT2D eigenvalue weighted by atomic mass is 35.5. The number of benzene rings is 1. The van der Waals surface area contributed by atoms with Gasteiger partial charge in [0.05, 0.1) is 5.02 Å². The van der Waals surface area contributed by atoms with E-state index in [-0.39, 0.29) is 0 Å². The summed E-state index contributed by atoms with van der Waals surface area (Å²) in [6.45, 7) is 13.0. The topological polar surface area (TPSA) is 6.48 Å². The van der Waals surface area contributed by atoms with E-state index in [2.05, 4.69) is 42.7 Å². The number of thioether (sulfide) groups is 1. The molecule has 1 fully saturated rings. The molecule has 0 N–H and O–H groups in total. The van der Waals surface area contributed by atoms with E-state index in [4.69, 9.17) is 11.6 Å². The Morgan fingerprint density at radius 3 is 2.59 bits per heavy atom. The maximum Gasteiger partial charge on any atom is 0.0541 e. The first kappa shape index (κ1) is 18.1. The summed E-state index contributed by atoms with van der Waals surface area (Å²) in [6.07, 6.45) is 2.51.